The molecule has 0 spiro atoms. The van der Waals surface area contributed by atoms with Crippen molar-refractivity contribution in [1.82, 2.24) is 19.9 Å². The fourth-order valence-electron chi connectivity index (χ4n) is 2.03. The molecule has 3 heterocycles. The van der Waals surface area contributed by atoms with Crippen LogP contribution in [-0.2, 0) is 6.54 Å². The van der Waals surface area contributed by atoms with Crippen molar-refractivity contribution in [3.05, 3.63) is 65.5 Å². The maximum absolute atomic E-state index is 11.3. The average Bonchev–Trinajstić information content (AvgIpc) is 2.61. The molecule has 0 atom stereocenters. The highest BCUT2D eigenvalue weighted by Crippen LogP contribution is 2.26. The molecule has 3 N–H and O–H groups in total. The van der Waals surface area contributed by atoms with Gasteiger partial charge in [0, 0.05) is 18.0 Å². The largest absolute Gasteiger partial charge is 0.364 e. The first-order chi connectivity index (χ1) is 11.6. The Labute approximate surface area is 143 Å². The number of amides is 1. The summed E-state index contributed by atoms with van der Waals surface area (Å²) >= 11 is 6.15. The van der Waals surface area contributed by atoms with E-state index >= 15 is 0 Å². The minimum atomic E-state index is -0.634. The summed E-state index contributed by atoms with van der Waals surface area (Å²) in [7, 11) is 0. The van der Waals surface area contributed by atoms with Gasteiger partial charge in [0.15, 0.2) is 0 Å². The molecule has 0 aromatic carbocycles. The Hall–Kier alpha value is -3.06. The smallest absolute Gasteiger partial charge is 0.267 e. The predicted molar refractivity (Wildman–Crippen MR) is 90.4 cm³/mol. The van der Waals surface area contributed by atoms with Crippen LogP contribution in [0.15, 0.2) is 49.1 Å². The highest BCUT2D eigenvalue weighted by atomic mass is 35.5. The van der Waals surface area contributed by atoms with Gasteiger partial charge in [-0.05, 0) is 18.2 Å². The molecule has 0 unspecified atom stereocenters. The van der Waals surface area contributed by atoms with Crippen LogP contribution in [0.25, 0.3) is 11.3 Å². The fourth-order valence-corrected chi connectivity index (χ4v) is 2.23. The van der Waals surface area contributed by atoms with Crippen molar-refractivity contribution < 1.29 is 4.79 Å². The van der Waals surface area contributed by atoms with Crippen LogP contribution < -0.4 is 11.1 Å². The van der Waals surface area contributed by atoms with Gasteiger partial charge in [0.2, 0.25) is 0 Å². The van der Waals surface area contributed by atoms with Gasteiger partial charge in [-0.25, -0.2) is 9.97 Å². The molecule has 1 amide bonds. The summed E-state index contributed by atoms with van der Waals surface area (Å²) in [5.41, 5.74) is 7.29. The van der Waals surface area contributed by atoms with E-state index in [0.29, 0.717) is 28.6 Å². The van der Waals surface area contributed by atoms with Gasteiger partial charge >= 0.3 is 0 Å². The molecule has 0 aliphatic heterocycles. The molecule has 3 rings (SSSR count). The van der Waals surface area contributed by atoms with Gasteiger partial charge in [-0.3, -0.25) is 14.8 Å². The maximum atomic E-state index is 11.3. The Kier molecular flexibility index (Phi) is 4.62. The molecule has 7 nitrogen and oxygen atoms in total. The lowest BCUT2D eigenvalue weighted by Crippen LogP contribution is -2.13. The third-order valence-electron chi connectivity index (χ3n) is 3.20. The number of primary amides is 1. The van der Waals surface area contributed by atoms with Gasteiger partial charge in [0.1, 0.15) is 11.5 Å². The van der Waals surface area contributed by atoms with Crippen LogP contribution in [0.4, 0.5) is 5.82 Å². The second kappa shape index (κ2) is 7.01. The van der Waals surface area contributed by atoms with Crippen molar-refractivity contribution in [3.63, 3.8) is 0 Å². The van der Waals surface area contributed by atoms with E-state index in [9.17, 15) is 4.79 Å². The van der Waals surface area contributed by atoms with E-state index in [4.69, 9.17) is 17.3 Å². The topological polar surface area (TPSA) is 107 Å². The summed E-state index contributed by atoms with van der Waals surface area (Å²) in [5.74, 6) is -0.0723. The summed E-state index contributed by atoms with van der Waals surface area (Å²) in [5, 5.41) is 3.50. The van der Waals surface area contributed by atoms with Crippen LogP contribution >= 0.6 is 11.6 Å². The highest BCUT2D eigenvalue weighted by Gasteiger charge is 2.11. The minimum absolute atomic E-state index is 0.114. The van der Waals surface area contributed by atoms with Crippen molar-refractivity contribution in [1.29, 1.82) is 0 Å². The number of halogens is 1. The van der Waals surface area contributed by atoms with Gasteiger partial charge in [-0.15, -0.1) is 0 Å². The van der Waals surface area contributed by atoms with E-state index in [-0.39, 0.29) is 5.69 Å². The molecule has 0 radical (unpaired) electrons. The molecule has 3 aromatic heterocycles. The Morgan fingerprint density at radius 1 is 1.21 bits per heavy atom. The molecular weight excluding hydrogens is 328 g/mol. The van der Waals surface area contributed by atoms with Crippen molar-refractivity contribution in [3.8, 4) is 11.3 Å². The summed E-state index contributed by atoms with van der Waals surface area (Å²) in [6.45, 7) is 0.510. The average molecular weight is 341 g/mol. The number of carbonyl (C=O) groups excluding carboxylic acids is 1. The van der Waals surface area contributed by atoms with E-state index in [0.717, 1.165) is 5.69 Å². The van der Waals surface area contributed by atoms with Crippen molar-refractivity contribution in [2.75, 3.05) is 5.32 Å². The van der Waals surface area contributed by atoms with Crippen LogP contribution in [0.2, 0.25) is 5.02 Å². The molecule has 0 aliphatic rings. The standard InChI is InChI=1S/C16H13ClN6O/c17-12-7-21-13(16(18)24)5-11(12)14-8-19-9-15(23-14)22-6-10-3-1-2-4-20-10/h1-5,7-9H,6H2,(H2,18,24)(H,22,23). The number of aromatic nitrogens is 4. The number of nitrogens with two attached hydrogens (primary N) is 1. The van der Waals surface area contributed by atoms with E-state index in [1.165, 1.54) is 12.3 Å². The number of hydrogen-bond acceptors (Lipinski definition) is 6. The van der Waals surface area contributed by atoms with Gasteiger partial charge in [0.25, 0.3) is 5.91 Å². The first-order valence-corrected chi connectivity index (χ1v) is 7.43. The Morgan fingerprint density at radius 3 is 2.83 bits per heavy atom. The first kappa shape index (κ1) is 15.8. The van der Waals surface area contributed by atoms with Crippen molar-refractivity contribution >= 4 is 23.3 Å². The quantitative estimate of drug-likeness (QED) is 0.738. The number of nitrogens with one attached hydrogen (secondary N) is 1. The predicted octanol–water partition coefficient (Wildman–Crippen LogP) is 2.30. The third kappa shape index (κ3) is 3.64. The molecular formula is C16H13ClN6O. The van der Waals surface area contributed by atoms with E-state index in [1.54, 1.807) is 18.6 Å². The second-order valence-electron chi connectivity index (χ2n) is 4.88. The molecule has 8 heteroatoms. The van der Waals surface area contributed by atoms with Crippen molar-refractivity contribution in [2.24, 2.45) is 5.73 Å². The lowest BCUT2D eigenvalue weighted by molar-refractivity contribution is 0.0995. The molecule has 0 aliphatic carbocycles. The zero-order valence-electron chi connectivity index (χ0n) is 12.5. The van der Waals surface area contributed by atoms with Crippen molar-refractivity contribution in [2.45, 2.75) is 6.54 Å². The molecule has 0 saturated carbocycles. The molecule has 3 aromatic rings. The van der Waals surface area contributed by atoms with Gasteiger partial charge in [-0.1, -0.05) is 17.7 Å². The monoisotopic (exact) mass is 340 g/mol. The SMILES string of the molecule is NC(=O)c1cc(-c2cncc(NCc3ccccn3)n2)c(Cl)cn1. The number of hydrogen-bond donors (Lipinski definition) is 2. The molecule has 0 bridgehead atoms. The lowest BCUT2D eigenvalue weighted by Gasteiger charge is -2.08. The number of nitrogens with zero attached hydrogens (tertiary/aromatic N) is 4. The summed E-state index contributed by atoms with van der Waals surface area (Å²) in [6, 6.07) is 7.17. The normalized spacial score (nSPS) is 10.4. The minimum Gasteiger partial charge on any atom is -0.364 e. The van der Waals surface area contributed by atoms with Crippen LogP contribution in [0.5, 0.6) is 0 Å². The van der Waals surface area contributed by atoms with Crippen LogP contribution in [0.3, 0.4) is 0 Å². The van der Waals surface area contributed by atoms with E-state index < -0.39 is 5.91 Å². The van der Waals surface area contributed by atoms with Crippen LogP contribution in [0, 0.1) is 0 Å². The Bertz CT molecular complexity index is 871. The van der Waals surface area contributed by atoms with Crippen LogP contribution in [-0.4, -0.2) is 25.8 Å². The second-order valence-corrected chi connectivity index (χ2v) is 5.29. The van der Waals surface area contributed by atoms with Gasteiger partial charge in [0.05, 0.1) is 35.3 Å². The molecule has 24 heavy (non-hydrogen) atoms. The molecule has 0 saturated heterocycles. The van der Waals surface area contributed by atoms with Crippen LogP contribution in [0.1, 0.15) is 16.2 Å². The maximum Gasteiger partial charge on any atom is 0.267 e. The lowest BCUT2D eigenvalue weighted by atomic mass is 10.1. The summed E-state index contributed by atoms with van der Waals surface area (Å²) in [4.78, 5) is 28.0. The fraction of sp³-hybridized carbons (Fsp3) is 0.0625. The Balaban J connectivity index is 1.85. The summed E-state index contributed by atoms with van der Waals surface area (Å²) in [6.07, 6.45) is 6.24. The molecule has 0 fully saturated rings. The number of pyridine rings is 2. The first-order valence-electron chi connectivity index (χ1n) is 7.05. The Morgan fingerprint density at radius 2 is 2.08 bits per heavy atom. The van der Waals surface area contributed by atoms with E-state index in [1.807, 2.05) is 18.2 Å². The summed E-state index contributed by atoms with van der Waals surface area (Å²) < 4.78 is 0. The highest BCUT2D eigenvalue weighted by molar-refractivity contribution is 6.33. The third-order valence-corrected chi connectivity index (χ3v) is 3.50. The number of carbonyl (C=O) groups is 1. The van der Waals surface area contributed by atoms with E-state index in [2.05, 4.69) is 25.3 Å². The number of rotatable bonds is 5. The van der Waals surface area contributed by atoms with Gasteiger partial charge in [-0.2, -0.15) is 0 Å². The van der Waals surface area contributed by atoms with Gasteiger partial charge < -0.3 is 11.1 Å². The number of anilines is 1. The zero-order valence-corrected chi connectivity index (χ0v) is 13.2. The zero-order chi connectivity index (χ0) is 16.9. The molecule has 120 valence electrons.